The van der Waals surface area contributed by atoms with Gasteiger partial charge in [0.2, 0.25) is 0 Å². The maximum Gasteiger partial charge on any atom is 0 e. The zero-order valence-electron chi connectivity index (χ0n) is 2.81. The van der Waals surface area contributed by atoms with E-state index in [0.29, 0.717) is 13.1 Å². The fraction of sp³-hybridized carbons (Fsp3) is 1.00. The molecule has 0 spiro atoms. The van der Waals surface area contributed by atoms with Crippen LogP contribution in [0.1, 0.15) is 0 Å². The van der Waals surface area contributed by atoms with E-state index in [9.17, 15) is 0 Å². The molecular formula is C2H7N2Pt-. The second kappa shape index (κ2) is 8.82. The maximum atomic E-state index is 6.33. The zero-order chi connectivity index (χ0) is 3.41. The van der Waals surface area contributed by atoms with Gasteiger partial charge in [-0.2, -0.15) is 0 Å². The van der Waals surface area contributed by atoms with Crippen LogP contribution in [0.3, 0.4) is 0 Å². The molecule has 0 atom stereocenters. The van der Waals surface area contributed by atoms with Crippen LogP contribution in [0.2, 0.25) is 0 Å². The third-order valence-corrected chi connectivity index (χ3v) is 0.144. The molecule has 0 aromatic rings. The number of nitrogens with two attached hydrogens (primary N) is 1. The summed E-state index contributed by atoms with van der Waals surface area (Å²) >= 11 is 0. The van der Waals surface area contributed by atoms with Crippen molar-refractivity contribution in [1.82, 2.24) is 0 Å². The molecular weight excluding hydrogens is 247 g/mol. The van der Waals surface area contributed by atoms with Crippen molar-refractivity contribution in [3.63, 3.8) is 0 Å². The van der Waals surface area contributed by atoms with Gasteiger partial charge in [-0.15, -0.1) is 6.54 Å². The summed E-state index contributed by atoms with van der Waals surface area (Å²) in [5.41, 5.74) is 11.2. The van der Waals surface area contributed by atoms with Crippen molar-refractivity contribution in [2.24, 2.45) is 5.73 Å². The Morgan fingerprint density at radius 3 is 1.80 bits per heavy atom. The van der Waals surface area contributed by atoms with Crippen molar-refractivity contribution in [2.75, 3.05) is 13.1 Å². The van der Waals surface area contributed by atoms with Gasteiger partial charge in [0.1, 0.15) is 0 Å². The molecule has 0 saturated heterocycles. The van der Waals surface area contributed by atoms with E-state index in [1.165, 1.54) is 0 Å². The molecule has 0 bridgehead atoms. The Bertz CT molecular complexity index is 9.61. The summed E-state index contributed by atoms with van der Waals surface area (Å²) in [4.78, 5) is 0. The minimum Gasteiger partial charge on any atom is -0.676 e. The molecule has 0 aromatic heterocycles. The minimum absolute atomic E-state index is 0. The first-order chi connectivity index (χ1) is 1.91. The van der Waals surface area contributed by atoms with Crippen molar-refractivity contribution in [3.05, 3.63) is 5.73 Å². The fourth-order valence-electron chi connectivity index (χ4n) is 0. The van der Waals surface area contributed by atoms with Gasteiger partial charge in [0.15, 0.2) is 0 Å². The summed E-state index contributed by atoms with van der Waals surface area (Å²) < 4.78 is 0. The summed E-state index contributed by atoms with van der Waals surface area (Å²) in [6, 6.07) is 0. The fourth-order valence-corrected chi connectivity index (χ4v) is 0. The molecule has 0 aliphatic carbocycles. The summed E-state index contributed by atoms with van der Waals surface area (Å²) in [5, 5.41) is 0. The first kappa shape index (κ1) is 9.15. The Morgan fingerprint density at radius 2 is 1.80 bits per heavy atom. The van der Waals surface area contributed by atoms with Crippen molar-refractivity contribution < 1.29 is 21.1 Å². The third kappa shape index (κ3) is 12.1. The molecule has 0 aliphatic rings. The zero-order valence-corrected chi connectivity index (χ0v) is 5.08. The van der Waals surface area contributed by atoms with Crippen LogP contribution in [-0.4, -0.2) is 13.1 Å². The first-order valence-corrected chi connectivity index (χ1v) is 1.26. The van der Waals surface area contributed by atoms with Gasteiger partial charge >= 0.3 is 0 Å². The molecule has 3 heteroatoms. The third-order valence-electron chi connectivity index (χ3n) is 0.144. The first-order valence-electron chi connectivity index (χ1n) is 1.26. The van der Waals surface area contributed by atoms with Gasteiger partial charge < -0.3 is 11.5 Å². The molecule has 3 N–H and O–H groups in total. The number of hydrogen-bond donors (Lipinski definition) is 1. The predicted molar refractivity (Wildman–Crippen MR) is 18.2 cm³/mol. The normalized spacial score (nSPS) is 6.00. The summed E-state index contributed by atoms with van der Waals surface area (Å²) in [6.07, 6.45) is 0. The standard InChI is InChI=1S/C2H7N2.Pt/c3-1-2-4;/h3H,1-2,4H2;/q-1;. The Kier molecular flexibility index (Phi) is 16.1. The summed E-state index contributed by atoms with van der Waals surface area (Å²) in [5.74, 6) is 0. The maximum absolute atomic E-state index is 6.33. The van der Waals surface area contributed by atoms with Gasteiger partial charge in [-0.1, -0.05) is 0 Å². The molecule has 2 nitrogen and oxygen atoms in total. The largest absolute Gasteiger partial charge is 0.676 e. The average molecular weight is 254 g/mol. The number of hydrogen-bond acceptors (Lipinski definition) is 1. The van der Waals surface area contributed by atoms with Crippen molar-refractivity contribution in [3.8, 4) is 0 Å². The smallest absolute Gasteiger partial charge is 0 e. The van der Waals surface area contributed by atoms with Gasteiger partial charge in [-0.05, 0) is 6.54 Å². The van der Waals surface area contributed by atoms with Crippen LogP contribution in [0.5, 0.6) is 0 Å². The van der Waals surface area contributed by atoms with Gasteiger partial charge in [0.05, 0.1) is 0 Å². The van der Waals surface area contributed by atoms with Gasteiger partial charge in [-0.25, -0.2) is 0 Å². The molecule has 0 amide bonds. The van der Waals surface area contributed by atoms with Gasteiger partial charge in [0, 0.05) is 21.1 Å². The molecule has 0 aliphatic heterocycles. The molecule has 0 heterocycles. The van der Waals surface area contributed by atoms with E-state index in [2.05, 4.69) is 0 Å². The van der Waals surface area contributed by atoms with E-state index >= 15 is 0 Å². The molecule has 0 rings (SSSR count). The van der Waals surface area contributed by atoms with Gasteiger partial charge in [0.25, 0.3) is 0 Å². The Morgan fingerprint density at radius 1 is 1.60 bits per heavy atom. The van der Waals surface area contributed by atoms with Crippen molar-refractivity contribution in [1.29, 1.82) is 0 Å². The molecule has 0 radical (unpaired) electrons. The van der Waals surface area contributed by atoms with Crippen LogP contribution >= 0.6 is 0 Å². The van der Waals surface area contributed by atoms with E-state index < -0.39 is 0 Å². The second-order valence-electron chi connectivity index (χ2n) is 0.539. The van der Waals surface area contributed by atoms with E-state index in [1.54, 1.807) is 0 Å². The average Bonchev–Trinajstić information content (AvgIpc) is 1.37. The SMILES string of the molecule is [NH-]CCN.[Pt]. The van der Waals surface area contributed by atoms with Crippen LogP contribution in [-0.2, 0) is 21.1 Å². The molecule has 36 valence electrons. The monoisotopic (exact) mass is 254 g/mol. The second-order valence-corrected chi connectivity index (χ2v) is 0.539. The van der Waals surface area contributed by atoms with Crippen LogP contribution < -0.4 is 5.73 Å². The predicted octanol–water partition coefficient (Wildman–Crippen LogP) is -0.00520. The Hall–Kier alpha value is 0.608. The van der Waals surface area contributed by atoms with E-state index in [1.807, 2.05) is 0 Å². The molecule has 0 unspecified atom stereocenters. The molecule has 0 aromatic carbocycles. The summed E-state index contributed by atoms with van der Waals surface area (Å²) in [7, 11) is 0. The van der Waals surface area contributed by atoms with E-state index in [4.69, 9.17) is 11.5 Å². The van der Waals surface area contributed by atoms with Crippen LogP contribution in [0, 0.1) is 0 Å². The van der Waals surface area contributed by atoms with Crippen molar-refractivity contribution >= 4 is 0 Å². The van der Waals surface area contributed by atoms with Crippen LogP contribution in [0.25, 0.3) is 5.73 Å². The van der Waals surface area contributed by atoms with Crippen LogP contribution in [0.4, 0.5) is 0 Å². The van der Waals surface area contributed by atoms with E-state index in [0.717, 1.165) is 0 Å². The minimum atomic E-state index is 0. The van der Waals surface area contributed by atoms with Crippen molar-refractivity contribution in [2.45, 2.75) is 0 Å². The van der Waals surface area contributed by atoms with Crippen LogP contribution in [0.15, 0.2) is 0 Å². The van der Waals surface area contributed by atoms with E-state index in [-0.39, 0.29) is 21.1 Å². The quantitative estimate of drug-likeness (QED) is 0.703. The topological polar surface area (TPSA) is 49.8 Å². The molecule has 0 fully saturated rings. The Balaban J connectivity index is 0. The molecule has 5 heavy (non-hydrogen) atoms. The summed E-state index contributed by atoms with van der Waals surface area (Å²) in [6.45, 7) is 0.833. The number of nitrogens with one attached hydrogen (secondary N) is 1. The van der Waals surface area contributed by atoms with Gasteiger partial charge in [-0.3, -0.25) is 0 Å². The Labute approximate surface area is 46.2 Å². The number of rotatable bonds is 1. The molecule has 0 saturated carbocycles.